The Bertz CT molecular complexity index is 1120. The van der Waals surface area contributed by atoms with E-state index in [4.69, 9.17) is 9.47 Å². The van der Waals surface area contributed by atoms with Crippen LogP contribution in [0.3, 0.4) is 0 Å². The Kier molecular flexibility index (Phi) is 7.47. The second-order valence-corrected chi connectivity index (χ2v) is 11.0. The van der Waals surface area contributed by atoms with Crippen molar-refractivity contribution in [2.45, 2.75) is 69.2 Å². The van der Waals surface area contributed by atoms with E-state index in [1.807, 2.05) is 54.6 Å². The fraction of sp³-hybridized carbons (Fsp3) is 0.567. The number of carbonyl (C=O) groups excluding carboxylic acids is 3. The topological polar surface area (TPSA) is 96.4 Å². The van der Waals surface area contributed by atoms with Crippen LogP contribution in [0.5, 0.6) is 0 Å². The second kappa shape index (κ2) is 10.7. The second-order valence-electron chi connectivity index (χ2n) is 11.0. The summed E-state index contributed by atoms with van der Waals surface area (Å²) < 4.78 is 12.3. The minimum Gasteiger partial charge on any atom is -0.465 e. The lowest BCUT2D eigenvalue weighted by Gasteiger charge is -2.40. The van der Waals surface area contributed by atoms with Gasteiger partial charge in [-0.15, -0.1) is 0 Å². The van der Waals surface area contributed by atoms with Gasteiger partial charge in [-0.25, -0.2) is 0 Å². The molecule has 5 rings (SSSR count). The summed E-state index contributed by atoms with van der Waals surface area (Å²) in [6.45, 7) is 4.81. The van der Waals surface area contributed by atoms with Crippen molar-refractivity contribution in [3.63, 3.8) is 0 Å². The first-order chi connectivity index (χ1) is 18.4. The van der Waals surface area contributed by atoms with E-state index in [1.165, 1.54) is 4.90 Å². The maximum absolute atomic E-state index is 14.4. The molecule has 38 heavy (non-hydrogen) atoms. The van der Waals surface area contributed by atoms with Gasteiger partial charge in [0.05, 0.1) is 30.8 Å². The molecule has 0 radical (unpaired) electrons. The standard InChI is InChI=1S/C30H38N2O6/c1-3-4-9-16-31-17-11-15-30-23(24-28(36)37-18-10-8-14-29(24,2)38-30)26(34)32(25(30)27(31)35)22(20-33)19-21-12-6-5-7-13-21/h5-8,11-15,22-25,33H,3-4,9-10,16-20H2,1-2H3/t22-,23+,24-,25?,29+,30+/m1/s1. The number of ether oxygens (including phenoxy) is 2. The molecule has 0 aliphatic carbocycles. The molecule has 4 aliphatic heterocycles. The summed E-state index contributed by atoms with van der Waals surface area (Å²) in [5.41, 5.74) is -1.50. The first-order valence-electron chi connectivity index (χ1n) is 13.8. The highest BCUT2D eigenvalue weighted by atomic mass is 16.6. The van der Waals surface area contributed by atoms with Gasteiger partial charge in [-0.1, -0.05) is 74.4 Å². The zero-order chi connectivity index (χ0) is 26.9. The minimum atomic E-state index is -1.34. The molecule has 2 fully saturated rings. The molecule has 1 N–H and O–H groups in total. The van der Waals surface area contributed by atoms with Crippen LogP contribution in [0.2, 0.25) is 0 Å². The highest BCUT2D eigenvalue weighted by molar-refractivity contribution is 5.99. The zero-order valence-electron chi connectivity index (χ0n) is 22.3. The highest BCUT2D eigenvalue weighted by Crippen LogP contribution is 2.57. The predicted molar refractivity (Wildman–Crippen MR) is 141 cm³/mol. The van der Waals surface area contributed by atoms with Crippen LogP contribution in [0.25, 0.3) is 0 Å². The number of hydrogen-bond donors (Lipinski definition) is 1. The molecule has 6 atom stereocenters. The number of aliphatic hydroxyl groups excluding tert-OH is 1. The molecular formula is C30H38N2O6. The van der Waals surface area contributed by atoms with Gasteiger partial charge in [0.15, 0.2) is 0 Å². The lowest BCUT2D eigenvalue weighted by atomic mass is 9.74. The van der Waals surface area contributed by atoms with Crippen molar-refractivity contribution < 1.29 is 29.0 Å². The molecular weight excluding hydrogens is 484 g/mol. The molecule has 1 aromatic carbocycles. The van der Waals surface area contributed by atoms with Gasteiger partial charge in [-0.2, -0.15) is 0 Å². The quantitative estimate of drug-likeness (QED) is 0.320. The van der Waals surface area contributed by atoms with Crippen LogP contribution in [0, 0.1) is 11.8 Å². The summed E-state index contributed by atoms with van der Waals surface area (Å²) in [4.78, 5) is 45.4. The number of aliphatic hydroxyl groups is 1. The van der Waals surface area contributed by atoms with Gasteiger partial charge in [-0.3, -0.25) is 14.4 Å². The number of hydrogen-bond acceptors (Lipinski definition) is 6. The molecule has 4 aliphatic rings. The molecule has 8 heteroatoms. The summed E-state index contributed by atoms with van der Waals surface area (Å²) in [6, 6.07) is 7.96. The fourth-order valence-corrected chi connectivity index (χ4v) is 6.76. The van der Waals surface area contributed by atoms with E-state index in [-0.39, 0.29) is 25.0 Å². The monoisotopic (exact) mass is 522 g/mol. The summed E-state index contributed by atoms with van der Waals surface area (Å²) >= 11 is 0. The molecule has 1 aromatic rings. The fourth-order valence-electron chi connectivity index (χ4n) is 6.76. The van der Waals surface area contributed by atoms with Gasteiger partial charge in [0.2, 0.25) is 11.8 Å². The van der Waals surface area contributed by atoms with Crippen LogP contribution in [0.1, 0.15) is 45.1 Å². The smallest absolute Gasteiger partial charge is 0.313 e. The number of cyclic esters (lactones) is 1. The van der Waals surface area contributed by atoms with E-state index in [0.717, 1.165) is 24.8 Å². The molecule has 2 saturated heterocycles. The molecule has 0 bridgehead atoms. The third-order valence-electron chi connectivity index (χ3n) is 8.49. The van der Waals surface area contributed by atoms with Crippen LogP contribution in [-0.4, -0.2) is 82.3 Å². The minimum absolute atomic E-state index is 0.205. The molecule has 1 unspecified atom stereocenters. The number of nitrogens with zero attached hydrogens (tertiary/aromatic N) is 2. The number of fused-ring (bicyclic) bond motifs is 2. The molecule has 204 valence electrons. The van der Waals surface area contributed by atoms with Gasteiger partial charge in [0.25, 0.3) is 0 Å². The third-order valence-corrected chi connectivity index (χ3v) is 8.49. The molecule has 4 heterocycles. The lowest BCUT2D eigenvalue weighted by molar-refractivity contribution is -0.162. The van der Waals surface area contributed by atoms with Crippen LogP contribution in [0.4, 0.5) is 0 Å². The Morgan fingerprint density at radius 3 is 2.58 bits per heavy atom. The van der Waals surface area contributed by atoms with Gasteiger partial charge in [-0.05, 0) is 31.7 Å². The zero-order valence-corrected chi connectivity index (χ0v) is 22.3. The first-order valence-corrected chi connectivity index (χ1v) is 13.8. The number of rotatable bonds is 8. The van der Waals surface area contributed by atoms with Gasteiger partial charge in [0, 0.05) is 13.1 Å². The molecule has 1 spiro atoms. The summed E-state index contributed by atoms with van der Waals surface area (Å²) in [7, 11) is 0. The van der Waals surface area contributed by atoms with E-state index in [2.05, 4.69) is 6.92 Å². The summed E-state index contributed by atoms with van der Waals surface area (Å²) in [6.07, 6.45) is 11.3. The van der Waals surface area contributed by atoms with E-state index >= 15 is 0 Å². The van der Waals surface area contributed by atoms with Crippen molar-refractivity contribution in [3.05, 3.63) is 60.2 Å². The number of unbranched alkanes of at least 4 members (excludes halogenated alkanes) is 2. The SMILES string of the molecule is CCCCCN1CC=C[C@]23O[C@@]4(C)C=CCCOC(=O)[C@H]4[C@H]2C(=O)N([C@@H](CO)Cc2ccccc2)C3C1=O. The van der Waals surface area contributed by atoms with E-state index in [9.17, 15) is 19.5 Å². The summed E-state index contributed by atoms with van der Waals surface area (Å²) in [5, 5.41) is 10.5. The van der Waals surface area contributed by atoms with Gasteiger partial charge < -0.3 is 24.4 Å². The Balaban J connectivity index is 1.61. The Hall–Kier alpha value is -2.97. The first kappa shape index (κ1) is 26.6. The van der Waals surface area contributed by atoms with E-state index < -0.39 is 41.1 Å². The normalized spacial score (nSPS) is 33.2. The van der Waals surface area contributed by atoms with Gasteiger partial charge >= 0.3 is 5.97 Å². The Labute approximate surface area is 224 Å². The van der Waals surface area contributed by atoms with Crippen molar-refractivity contribution in [2.24, 2.45) is 11.8 Å². The van der Waals surface area contributed by atoms with Crippen molar-refractivity contribution in [2.75, 3.05) is 26.3 Å². The maximum atomic E-state index is 14.4. The summed E-state index contributed by atoms with van der Waals surface area (Å²) in [5.74, 6) is -2.88. The number of likely N-dealkylation sites (tertiary alicyclic amines) is 1. The van der Waals surface area contributed by atoms with Crippen molar-refractivity contribution in [1.29, 1.82) is 0 Å². The molecule has 2 amide bonds. The Morgan fingerprint density at radius 2 is 1.84 bits per heavy atom. The number of carbonyl (C=O) groups is 3. The number of esters is 1. The van der Waals surface area contributed by atoms with Crippen molar-refractivity contribution in [3.8, 4) is 0 Å². The van der Waals surface area contributed by atoms with Crippen LogP contribution < -0.4 is 0 Å². The lowest BCUT2D eigenvalue weighted by Crippen LogP contribution is -2.59. The van der Waals surface area contributed by atoms with Gasteiger partial charge in [0.1, 0.15) is 17.6 Å². The van der Waals surface area contributed by atoms with Crippen molar-refractivity contribution >= 4 is 17.8 Å². The molecule has 0 saturated carbocycles. The molecule has 0 aromatic heterocycles. The third kappa shape index (κ3) is 4.37. The highest BCUT2D eigenvalue weighted by Gasteiger charge is 2.75. The van der Waals surface area contributed by atoms with Crippen molar-refractivity contribution in [1.82, 2.24) is 9.80 Å². The number of amides is 2. The van der Waals surface area contributed by atoms with E-state index in [1.54, 1.807) is 11.8 Å². The van der Waals surface area contributed by atoms with E-state index in [0.29, 0.717) is 25.9 Å². The average Bonchev–Trinajstić information content (AvgIpc) is 3.23. The predicted octanol–water partition coefficient (Wildman–Crippen LogP) is 2.65. The average molecular weight is 523 g/mol. The van der Waals surface area contributed by atoms with Crippen LogP contribution in [0.15, 0.2) is 54.6 Å². The number of benzene rings is 1. The van der Waals surface area contributed by atoms with Crippen LogP contribution in [-0.2, 0) is 30.3 Å². The Morgan fingerprint density at radius 1 is 1.05 bits per heavy atom. The largest absolute Gasteiger partial charge is 0.465 e. The maximum Gasteiger partial charge on any atom is 0.313 e. The molecule has 8 nitrogen and oxygen atoms in total. The van der Waals surface area contributed by atoms with Crippen LogP contribution >= 0.6 is 0 Å².